The summed E-state index contributed by atoms with van der Waals surface area (Å²) in [5.74, 6) is -3.21. The number of aliphatic hydroxyl groups excluding tert-OH is 2. The first kappa shape index (κ1) is 65.2. The Labute approximate surface area is 429 Å². The molecule has 0 aromatic rings. The first-order chi connectivity index (χ1) is 34.6. The van der Waals surface area contributed by atoms with Crippen molar-refractivity contribution < 1.29 is 58.2 Å². The molecular formula is C59H98O12. The van der Waals surface area contributed by atoms with Gasteiger partial charge in [-0.3, -0.25) is 14.4 Å². The molecule has 0 bridgehead atoms. The molecule has 1 saturated heterocycles. The zero-order valence-corrected chi connectivity index (χ0v) is 44.4. The number of esters is 3. The summed E-state index contributed by atoms with van der Waals surface area (Å²) < 4.78 is 28.2. The van der Waals surface area contributed by atoms with Gasteiger partial charge in [0.05, 0.1) is 6.61 Å². The first-order valence-electron chi connectivity index (χ1n) is 27.9. The lowest BCUT2D eigenvalue weighted by Gasteiger charge is -2.40. The van der Waals surface area contributed by atoms with E-state index in [-0.39, 0.29) is 25.9 Å². The average Bonchev–Trinajstić information content (AvgIpc) is 3.35. The Balaban J connectivity index is 2.72. The molecule has 12 heteroatoms. The van der Waals surface area contributed by atoms with E-state index in [1.54, 1.807) is 0 Å². The van der Waals surface area contributed by atoms with Crippen LogP contribution in [0, 0.1) is 0 Å². The maximum Gasteiger partial charge on any atom is 0.335 e. The van der Waals surface area contributed by atoms with E-state index < -0.39 is 67.3 Å². The maximum absolute atomic E-state index is 13.0. The van der Waals surface area contributed by atoms with Crippen molar-refractivity contribution in [3.05, 3.63) is 72.9 Å². The van der Waals surface area contributed by atoms with E-state index in [4.69, 9.17) is 23.7 Å². The number of carbonyl (C=O) groups is 4. The molecule has 6 atom stereocenters. The lowest BCUT2D eigenvalue weighted by atomic mass is 9.98. The SMILES string of the molecule is CC/C=C\C/C=C\C/C=C\C/C=C\C/C=C\CCCC(=O)OCC(COC1OC(C(=O)O)C(O)C(O)C1OC(=O)CCCCCCC/C=C\CCCCCCCC)OC(=O)CCCCCCCCCCC. The summed E-state index contributed by atoms with van der Waals surface area (Å²) in [6.45, 7) is 5.78. The molecule has 71 heavy (non-hydrogen) atoms. The minimum Gasteiger partial charge on any atom is -0.479 e. The van der Waals surface area contributed by atoms with Gasteiger partial charge in [0.15, 0.2) is 24.6 Å². The van der Waals surface area contributed by atoms with Crippen LogP contribution in [-0.2, 0) is 42.9 Å². The minimum atomic E-state index is -1.91. The lowest BCUT2D eigenvalue weighted by molar-refractivity contribution is -0.301. The number of carbonyl (C=O) groups excluding carboxylic acids is 3. The highest BCUT2D eigenvalue weighted by atomic mass is 16.7. The van der Waals surface area contributed by atoms with Crippen LogP contribution in [0.3, 0.4) is 0 Å². The second-order valence-corrected chi connectivity index (χ2v) is 18.8. The van der Waals surface area contributed by atoms with Crippen LogP contribution in [0.25, 0.3) is 0 Å². The fourth-order valence-corrected chi connectivity index (χ4v) is 7.99. The fraction of sp³-hybridized carbons (Fsp3) is 0.729. The number of allylic oxidation sites excluding steroid dienone is 12. The van der Waals surface area contributed by atoms with Crippen molar-refractivity contribution in [2.24, 2.45) is 0 Å². The van der Waals surface area contributed by atoms with Crippen molar-refractivity contribution in [3.8, 4) is 0 Å². The van der Waals surface area contributed by atoms with Gasteiger partial charge in [-0.05, 0) is 83.5 Å². The molecule has 406 valence electrons. The third-order valence-corrected chi connectivity index (χ3v) is 12.3. The summed E-state index contributed by atoms with van der Waals surface area (Å²) in [4.78, 5) is 50.9. The highest BCUT2D eigenvalue weighted by Crippen LogP contribution is 2.26. The van der Waals surface area contributed by atoms with Crippen molar-refractivity contribution in [1.82, 2.24) is 0 Å². The number of aliphatic carboxylic acids is 1. The molecule has 1 rings (SSSR count). The van der Waals surface area contributed by atoms with Gasteiger partial charge in [-0.15, -0.1) is 0 Å². The number of hydrogen-bond acceptors (Lipinski definition) is 11. The van der Waals surface area contributed by atoms with Crippen molar-refractivity contribution in [2.45, 2.75) is 263 Å². The van der Waals surface area contributed by atoms with Crippen LogP contribution in [0.2, 0.25) is 0 Å². The minimum absolute atomic E-state index is 0.0443. The molecule has 0 aliphatic carbocycles. The van der Waals surface area contributed by atoms with E-state index in [2.05, 4.69) is 87.6 Å². The van der Waals surface area contributed by atoms with Crippen molar-refractivity contribution in [3.63, 3.8) is 0 Å². The van der Waals surface area contributed by atoms with E-state index in [1.807, 2.05) is 6.08 Å². The predicted octanol–water partition coefficient (Wildman–Crippen LogP) is 13.8. The quantitative estimate of drug-likeness (QED) is 0.0228. The smallest absolute Gasteiger partial charge is 0.335 e. The van der Waals surface area contributed by atoms with Gasteiger partial charge in [-0.1, -0.05) is 196 Å². The molecule has 0 radical (unpaired) electrons. The summed E-state index contributed by atoms with van der Waals surface area (Å²) in [5.41, 5.74) is 0. The number of hydrogen-bond donors (Lipinski definition) is 3. The van der Waals surface area contributed by atoms with E-state index in [0.717, 1.165) is 89.9 Å². The highest BCUT2D eigenvalue weighted by molar-refractivity contribution is 5.74. The van der Waals surface area contributed by atoms with E-state index in [0.29, 0.717) is 25.7 Å². The largest absolute Gasteiger partial charge is 0.479 e. The van der Waals surface area contributed by atoms with Crippen molar-refractivity contribution in [2.75, 3.05) is 13.2 Å². The average molecular weight is 999 g/mol. The summed E-state index contributed by atoms with van der Waals surface area (Å²) >= 11 is 0. The number of ether oxygens (including phenoxy) is 5. The Morgan fingerprint density at radius 2 is 0.901 bits per heavy atom. The topological polar surface area (TPSA) is 175 Å². The van der Waals surface area contributed by atoms with Crippen molar-refractivity contribution >= 4 is 23.9 Å². The highest BCUT2D eigenvalue weighted by Gasteiger charge is 2.50. The normalized spacial score (nSPS) is 19.0. The number of unbranched alkanes of at least 4 members (excludes halogenated alkanes) is 20. The Morgan fingerprint density at radius 3 is 1.41 bits per heavy atom. The Bertz CT molecular complexity index is 1510. The van der Waals surface area contributed by atoms with Gasteiger partial charge in [0.2, 0.25) is 0 Å². The monoisotopic (exact) mass is 999 g/mol. The van der Waals surface area contributed by atoms with Gasteiger partial charge in [0.1, 0.15) is 18.8 Å². The molecule has 0 spiro atoms. The summed E-state index contributed by atoms with van der Waals surface area (Å²) in [5, 5.41) is 31.4. The molecule has 0 saturated carbocycles. The second kappa shape index (κ2) is 47.2. The number of aliphatic hydroxyl groups is 2. The molecule has 1 aliphatic rings. The van der Waals surface area contributed by atoms with Gasteiger partial charge in [0, 0.05) is 19.3 Å². The van der Waals surface area contributed by atoms with E-state index in [1.165, 1.54) is 70.6 Å². The Kier molecular flexibility index (Phi) is 43.3. The molecule has 1 heterocycles. The van der Waals surface area contributed by atoms with Gasteiger partial charge >= 0.3 is 23.9 Å². The predicted molar refractivity (Wildman–Crippen MR) is 285 cm³/mol. The summed E-state index contributed by atoms with van der Waals surface area (Å²) in [7, 11) is 0. The fourth-order valence-electron chi connectivity index (χ4n) is 7.99. The molecular weight excluding hydrogens is 901 g/mol. The number of carboxylic acid groups (broad SMARTS) is 1. The Hall–Kier alpha value is -3.84. The third-order valence-electron chi connectivity index (χ3n) is 12.3. The molecule has 3 N–H and O–H groups in total. The number of carboxylic acids is 1. The van der Waals surface area contributed by atoms with Crippen molar-refractivity contribution in [1.29, 1.82) is 0 Å². The lowest BCUT2D eigenvalue weighted by Crippen LogP contribution is -2.61. The Morgan fingerprint density at radius 1 is 0.479 bits per heavy atom. The zero-order chi connectivity index (χ0) is 51.8. The number of rotatable bonds is 46. The molecule has 0 amide bonds. The van der Waals surface area contributed by atoms with Crippen LogP contribution in [0.4, 0.5) is 0 Å². The first-order valence-corrected chi connectivity index (χ1v) is 27.9. The zero-order valence-electron chi connectivity index (χ0n) is 44.4. The van der Waals surface area contributed by atoms with Crippen LogP contribution in [0.5, 0.6) is 0 Å². The maximum atomic E-state index is 13.0. The summed E-state index contributed by atoms with van der Waals surface area (Å²) in [6.07, 6.45) is 46.1. The third kappa shape index (κ3) is 37.6. The molecule has 1 fully saturated rings. The van der Waals surface area contributed by atoms with Gasteiger partial charge in [-0.2, -0.15) is 0 Å². The summed E-state index contributed by atoms with van der Waals surface area (Å²) in [6, 6.07) is 0. The molecule has 0 aromatic heterocycles. The van der Waals surface area contributed by atoms with Crippen LogP contribution in [-0.4, -0.2) is 89.2 Å². The van der Waals surface area contributed by atoms with Crippen LogP contribution in [0.1, 0.15) is 226 Å². The molecule has 1 aliphatic heterocycles. The molecule has 6 unspecified atom stereocenters. The second-order valence-electron chi connectivity index (χ2n) is 18.8. The van der Waals surface area contributed by atoms with Gasteiger partial charge in [0.25, 0.3) is 0 Å². The molecule has 12 nitrogen and oxygen atoms in total. The van der Waals surface area contributed by atoms with Gasteiger partial charge in [-0.25, -0.2) is 4.79 Å². The van der Waals surface area contributed by atoms with E-state index >= 15 is 0 Å². The van der Waals surface area contributed by atoms with Crippen LogP contribution in [0.15, 0.2) is 72.9 Å². The standard InChI is InChI=1S/C59H98O12/c1-4-7-10-13-16-19-21-23-25-26-28-29-31-34-36-39-42-45-51(60)67-48-50(69-52(61)46-43-40-37-33-18-15-12-9-6-3)49-68-59-57(55(64)54(63)56(71-59)58(65)66)70-53(62)47-44-41-38-35-32-30-27-24-22-20-17-14-11-8-5-2/h7,10,16,19,23-25,27-29,34,36,50,54-57,59,63-64H,4-6,8-9,11-15,17-18,20-22,26,30-33,35,37-49H2,1-3H3,(H,65,66)/b10-7-,19-16-,25-23-,27-24-,29-28-,36-34-. The van der Waals surface area contributed by atoms with E-state index in [9.17, 15) is 34.5 Å². The molecule has 0 aromatic carbocycles. The van der Waals surface area contributed by atoms with Crippen LogP contribution < -0.4 is 0 Å². The van der Waals surface area contributed by atoms with Crippen LogP contribution >= 0.6 is 0 Å². The van der Waals surface area contributed by atoms with Gasteiger partial charge < -0.3 is 39.0 Å².